The van der Waals surface area contributed by atoms with Gasteiger partial charge in [0.05, 0.1) is 40.4 Å². The Hall–Kier alpha value is -2.58. The number of fused-ring (bicyclic) bond motifs is 1. The molecule has 0 amide bonds. The predicted octanol–water partition coefficient (Wildman–Crippen LogP) is 3.90. The van der Waals surface area contributed by atoms with Crippen molar-refractivity contribution in [3.05, 3.63) is 46.7 Å². The van der Waals surface area contributed by atoms with Crippen LogP contribution in [0.3, 0.4) is 0 Å². The molecule has 0 aliphatic heterocycles. The Bertz CT molecular complexity index is 882. The highest BCUT2D eigenvalue weighted by atomic mass is 35.5. The topological polar surface area (TPSA) is 61.7 Å². The molecule has 1 aromatic heterocycles. The lowest BCUT2D eigenvalue weighted by atomic mass is 10.2. The van der Waals surface area contributed by atoms with Gasteiger partial charge in [-0.1, -0.05) is 11.6 Å². The minimum Gasteiger partial charge on any atom is -0.494 e. The van der Waals surface area contributed by atoms with Gasteiger partial charge < -0.3 is 9.72 Å². The highest BCUT2D eigenvalue weighted by molar-refractivity contribution is 6.33. The molecule has 2 aromatic carbocycles. The lowest BCUT2D eigenvalue weighted by molar-refractivity contribution is 0.387. The monoisotopic (exact) mass is 301 g/mol. The summed E-state index contributed by atoms with van der Waals surface area (Å²) in [7, 11) is 1.38. The lowest BCUT2D eigenvalue weighted by Crippen LogP contribution is -1.93. The van der Waals surface area contributed by atoms with Gasteiger partial charge in [0.2, 0.25) is 0 Å². The Kier molecular flexibility index (Phi) is 3.24. The zero-order chi connectivity index (χ0) is 15.0. The Morgan fingerprint density at radius 2 is 2.14 bits per heavy atom. The highest BCUT2D eigenvalue weighted by Crippen LogP contribution is 2.34. The smallest absolute Gasteiger partial charge is 0.177 e. The van der Waals surface area contributed by atoms with Crippen molar-refractivity contribution in [1.29, 1.82) is 5.26 Å². The molecule has 0 bridgehead atoms. The molecule has 0 saturated heterocycles. The third-order valence-corrected chi connectivity index (χ3v) is 3.44. The molecule has 0 spiro atoms. The van der Waals surface area contributed by atoms with Crippen LogP contribution in [0.25, 0.3) is 22.4 Å². The van der Waals surface area contributed by atoms with Crippen molar-refractivity contribution in [2.24, 2.45) is 0 Å². The number of rotatable bonds is 2. The van der Waals surface area contributed by atoms with Crippen LogP contribution in [0.5, 0.6) is 5.75 Å². The largest absolute Gasteiger partial charge is 0.494 e. The number of nitrogens with zero attached hydrogens (tertiary/aromatic N) is 2. The molecule has 0 aliphatic rings. The Morgan fingerprint density at radius 3 is 2.86 bits per heavy atom. The van der Waals surface area contributed by atoms with Crippen LogP contribution in [0.4, 0.5) is 4.39 Å². The number of methoxy groups -OCH3 is 1. The van der Waals surface area contributed by atoms with Crippen molar-refractivity contribution < 1.29 is 9.13 Å². The first-order chi connectivity index (χ1) is 10.1. The van der Waals surface area contributed by atoms with Crippen LogP contribution >= 0.6 is 11.6 Å². The second kappa shape index (κ2) is 5.08. The van der Waals surface area contributed by atoms with Crippen LogP contribution in [0.1, 0.15) is 5.56 Å². The summed E-state index contributed by atoms with van der Waals surface area (Å²) >= 11 is 6.07. The first kappa shape index (κ1) is 13.4. The maximum absolute atomic E-state index is 14.4. The van der Waals surface area contributed by atoms with Crippen molar-refractivity contribution in [3.63, 3.8) is 0 Å². The number of imidazole rings is 1. The molecule has 0 saturated carbocycles. The number of ether oxygens (including phenoxy) is 1. The molecule has 0 radical (unpaired) electrons. The van der Waals surface area contributed by atoms with Crippen LogP contribution in [0.15, 0.2) is 30.3 Å². The molecule has 3 rings (SSSR count). The quantitative estimate of drug-likeness (QED) is 0.780. The van der Waals surface area contributed by atoms with Gasteiger partial charge in [-0.15, -0.1) is 0 Å². The van der Waals surface area contributed by atoms with Gasteiger partial charge in [0.15, 0.2) is 11.6 Å². The highest BCUT2D eigenvalue weighted by Gasteiger charge is 2.18. The van der Waals surface area contributed by atoms with Gasteiger partial charge in [-0.2, -0.15) is 5.26 Å². The van der Waals surface area contributed by atoms with E-state index in [2.05, 4.69) is 9.97 Å². The van der Waals surface area contributed by atoms with Gasteiger partial charge in [-0.05, 0) is 30.3 Å². The molecule has 0 unspecified atom stereocenters. The molecule has 21 heavy (non-hydrogen) atoms. The molecule has 4 nitrogen and oxygen atoms in total. The van der Waals surface area contributed by atoms with E-state index in [9.17, 15) is 4.39 Å². The van der Waals surface area contributed by atoms with Crippen molar-refractivity contribution in [1.82, 2.24) is 9.97 Å². The maximum atomic E-state index is 14.4. The number of nitrogens with one attached hydrogen (secondary N) is 1. The van der Waals surface area contributed by atoms with Gasteiger partial charge in [-0.25, -0.2) is 9.37 Å². The number of halogens is 2. The number of hydrogen-bond acceptors (Lipinski definition) is 3. The van der Waals surface area contributed by atoms with Gasteiger partial charge in [0, 0.05) is 0 Å². The number of aromatic nitrogens is 2. The van der Waals surface area contributed by atoms with Crippen molar-refractivity contribution in [3.8, 4) is 23.2 Å². The Balaban J connectivity index is 2.23. The van der Waals surface area contributed by atoms with E-state index in [1.54, 1.807) is 24.3 Å². The summed E-state index contributed by atoms with van der Waals surface area (Å²) in [6.45, 7) is 0. The van der Waals surface area contributed by atoms with E-state index in [1.807, 2.05) is 6.07 Å². The van der Waals surface area contributed by atoms with E-state index >= 15 is 0 Å². The normalized spacial score (nSPS) is 10.6. The van der Waals surface area contributed by atoms with E-state index in [0.29, 0.717) is 22.4 Å². The lowest BCUT2D eigenvalue weighted by Gasteiger charge is -2.07. The minimum absolute atomic E-state index is 0.0903. The summed E-state index contributed by atoms with van der Waals surface area (Å²) in [4.78, 5) is 7.29. The van der Waals surface area contributed by atoms with E-state index in [4.69, 9.17) is 21.6 Å². The Morgan fingerprint density at radius 1 is 1.33 bits per heavy atom. The van der Waals surface area contributed by atoms with Crippen LogP contribution in [-0.2, 0) is 0 Å². The number of benzene rings is 2. The molecular weight excluding hydrogens is 293 g/mol. The van der Waals surface area contributed by atoms with Crippen LogP contribution in [-0.4, -0.2) is 17.1 Å². The van der Waals surface area contributed by atoms with Crippen molar-refractivity contribution in [2.45, 2.75) is 0 Å². The first-order valence-corrected chi connectivity index (χ1v) is 6.44. The number of nitriles is 1. The summed E-state index contributed by atoms with van der Waals surface area (Å²) in [5, 5.41) is 9.12. The average Bonchev–Trinajstić information content (AvgIpc) is 2.89. The third-order valence-electron chi connectivity index (χ3n) is 3.12. The fraction of sp³-hybridized carbons (Fsp3) is 0.0667. The van der Waals surface area contributed by atoms with E-state index < -0.39 is 5.82 Å². The van der Waals surface area contributed by atoms with Gasteiger partial charge >= 0.3 is 0 Å². The van der Waals surface area contributed by atoms with Crippen LogP contribution < -0.4 is 4.74 Å². The zero-order valence-corrected chi connectivity index (χ0v) is 11.7. The van der Waals surface area contributed by atoms with Crippen molar-refractivity contribution in [2.75, 3.05) is 7.11 Å². The molecule has 1 heterocycles. The second-order valence-electron chi connectivity index (χ2n) is 4.37. The van der Waals surface area contributed by atoms with Crippen molar-refractivity contribution >= 4 is 22.6 Å². The van der Waals surface area contributed by atoms with Crippen LogP contribution in [0.2, 0.25) is 5.02 Å². The minimum atomic E-state index is -0.579. The molecule has 3 aromatic rings. The van der Waals surface area contributed by atoms with E-state index in [-0.39, 0.29) is 16.3 Å². The molecule has 1 N–H and O–H groups in total. The number of H-pyrrole nitrogens is 1. The molecular formula is C15H9ClFN3O. The van der Waals surface area contributed by atoms with E-state index in [1.165, 1.54) is 13.2 Å². The summed E-state index contributed by atoms with van der Waals surface area (Å²) in [5.74, 6) is -0.196. The summed E-state index contributed by atoms with van der Waals surface area (Å²) in [6.07, 6.45) is 0. The second-order valence-corrected chi connectivity index (χ2v) is 4.77. The molecule has 0 atom stereocenters. The molecule has 0 fully saturated rings. The maximum Gasteiger partial charge on any atom is 0.177 e. The third kappa shape index (κ3) is 2.20. The van der Waals surface area contributed by atoms with Gasteiger partial charge in [-0.3, -0.25) is 0 Å². The summed E-state index contributed by atoms with van der Waals surface area (Å²) < 4.78 is 19.3. The number of aromatic amines is 1. The fourth-order valence-electron chi connectivity index (χ4n) is 2.11. The van der Waals surface area contributed by atoms with Gasteiger partial charge in [0.25, 0.3) is 0 Å². The molecule has 6 heteroatoms. The number of hydrogen-bond donors (Lipinski definition) is 1. The van der Waals surface area contributed by atoms with Gasteiger partial charge in [0.1, 0.15) is 5.82 Å². The van der Waals surface area contributed by atoms with E-state index in [0.717, 1.165) is 0 Å². The van der Waals surface area contributed by atoms with Crippen LogP contribution in [0, 0.1) is 17.1 Å². The average molecular weight is 302 g/mol. The zero-order valence-electron chi connectivity index (χ0n) is 10.9. The fourth-order valence-corrected chi connectivity index (χ4v) is 2.34. The predicted molar refractivity (Wildman–Crippen MR) is 77.8 cm³/mol. The summed E-state index contributed by atoms with van der Waals surface area (Å²) in [6, 6.07) is 10.0. The first-order valence-electron chi connectivity index (χ1n) is 6.06. The standard InChI is InChI=1S/C15H9ClFN3O/c1-21-12-5-3-9(16)13(14(12)17)15-19-10-4-2-8(7-18)6-11(10)20-15/h2-6H,1H3,(H,19,20). The molecule has 0 aliphatic carbocycles. The molecule has 104 valence electrons. The summed E-state index contributed by atoms with van der Waals surface area (Å²) in [5.41, 5.74) is 1.91. The SMILES string of the molecule is COc1ccc(Cl)c(-c2nc3ccc(C#N)cc3[nH]2)c1F. The Labute approximate surface area is 124 Å².